The first kappa shape index (κ1) is 11.9. The second-order valence-electron chi connectivity index (χ2n) is 4.76. The van der Waals surface area contributed by atoms with Crippen molar-refractivity contribution in [3.05, 3.63) is 0 Å². The fraction of sp³-hybridized carbons (Fsp3) is 0.917. The van der Waals surface area contributed by atoms with Gasteiger partial charge in [-0.1, -0.05) is 12.8 Å². The Labute approximate surface area is 97.1 Å². The van der Waals surface area contributed by atoms with E-state index in [1.807, 2.05) is 0 Å². The molecule has 16 heavy (non-hydrogen) atoms. The van der Waals surface area contributed by atoms with Gasteiger partial charge in [-0.25, -0.2) is 0 Å². The van der Waals surface area contributed by atoms with Crippen LogP contribution in [0.4, 0.5) is 0 Å². The molecule has 0 spiro atoms. The van der Waals surface area contributed by atoms with Gasteiger partial charge in [-0.15, -0.1) is 0 Å². The van der Waals surface area contributed by atoms with Crippen molar-refractivity contribution in [1.29, 1.82) is 0 Å². The SMILES string of the molecule is NCCCC1OCCN(C2CCCC2)C1=O. The molecule has 92 valence electrons. The number of hydrogen-bond acceptors (Lipinski definition) is 3. The van der Waals surface area contributed by atoms with Crippen LogP contribution in [0.2, 0.25) is 0 Å². The van der Waals surface area contributed by atoms with Crippen molar-refractivity contribution in [2.75, 3.05) is 19.7 Å². The van der Waals surface area contributed by atoms with Crippen LogP contribution in [0.3, 0.4) is 0 Å². The molecule has 0 aromatic heterocycles. The predicted molar refractivity (Wildman–Crippen MR) is 62.0 cm³/mol. The second kappa shape index (κ2) is 5.64. The van der Waals surface area contributed by atoms with Gasteiger partial charge in [0.05, 0.1) is 6.61 Å². The lowest BCUT2D eigenvalue weighted by molar-refractivity contribution is -0.156. The molecule has 1 aliphatic heterocycles. The Hall–Kier alpha value is -0.610. The molecule has 2 rings (SSSR count). The van der Waals surface area contributed by atoms with E-state index in [0.717, 1.165) is 19.4 Å². The Morgan fingerprint density at radius 2 is 2.12 bits per heavy atom. The van der Waals surface area contributed by atoms with E-state index in [4.69, 9.17) is 10.5 Å². The largest absolute Gasteiger partial charge is 0.367 e. The molecule has 0 aromatic rings. The van der Waals surface area contributed by atoms with Gasteiger partial charge >= 0.3 is 0 Å². The number of carbonyl (C=O) groups excluding carboxylic acids is 1. The lowest BCUT2D eigenvalue weighted by atomic mass is 10.1. The van der Waals surface area contributed by atoms with Gasteiger partial charge in [-0.05, 0) is 32.2 Å². The van der Waals surface area contributed by atoms with E-state index in [2.05, 4.69) is 4.90 Å². The highest BCUT2D eigenvalue weighted by Crippen LogP contribution is 2.26. The average molecular weight is 226 g/mol. The maximum Gasteiger partial charge on any atom is 0.252 e. The number of ether oxygens (including phenoxy) is 1. The Bertz CT molecular complexity index is 239. The zero-order valence-corrected chi connectivity index (χ0v) is 9.86. The molecule has 2 aliphatic rings. The van der Waals surface area contributed by atoms with Crippen molar-refractivity contribution in [1.82, 2.24) is 4.90 Å². The Morgan fingerprint density at radius 3 is 2.81 bits per heavy atom. The maximum atomic E-state index is 12.2. The molecule has 4 heteroatoms. The minimum absolute atomic E-state index is 0.201. The Kier molecular flexibility index (Phi) is 4.18. The van der Waals surface area contributed by atoms with Gasteiger partial charge in [0.15, 0.2) is 0 Å². The van der Waals surface area contributed by atoms with Gasteiger partial charge < -0.3 is 15.4 Å². The summed E-state index contributed by atoms with van der Waals surface area (Å²) < 4.78 is 5.54. The van der Waals surface area contributed by atoms with Gasteiger partial charge in [-0.2, -0.15) is 0 Å². The standard InChI is InChI=1S/C12H22N2O2/c13-7-3-6-11-12(15)14(8-9-16-11)10-4-1-2-5-10/h10-11H,1-9,13H2. The molecule has 1 saturated carbocycles. The zero-order chi connectivity index (χ0) is 11.4. The first-order valence-electron chi connectivity index (χ1n) is 6.45. The summed E-state index contributed by atoms with van der Waals surface area (Å²) in [5, 5.41) is 0. The van der Waals surface area contributed by atoms with E-state index in [-0.39, 0.29) is 12.0 Å². The summed E-state index contributed by atoms with van der Waals surface area (Å²) in [4.78, 5) is 14.2. The van der Waals surface area contributed by atoms with E-state index in [0.29, 0.717) is 19.2 Å². The van der Waals surface area contributed by atoms with Crippen LogP contribution < -0.4 is 5.73 Å². The number of rotatable bonds is 4. The summed E-state index contributed by atoms with van der Waals surface area (Å²) in [5.74, 6) is 0.201. The molecule has 4 nitrogen and oxygen atoms in total. The normalized spacial score (nSPS) is 27.7. The van der Waals surface area contributed by atoms with E-state index in [9.17, 15) is 4.79 Å². The summed E-state index contributed by atoms with van der Waals surface area (Å²) in [6.45, 7) is 2.11. The van der Waals surface area contributed by atoms with Gasteiger partial charge in [0.25, 0.3) is 5.91 Å². The second-order valence-corrected chi connectivity index (χ2v) is 4.76. The molecule has 2 fully saturated rings. The molecule has 1 amide bonds. The number of carbonyl (C=O) groups is 1. The quantitative estimate of drug-likeness (QED) is 0.774. The molecular formula is C12H22N2O2. The summed E-state index contributed by atoms with van der Waals surface area (Å²) >= 11 is 0. The van der Waals surface area contributed by atoms with Gasteiger partial charge in [-0.3, -0.25) is 4.79 Å². The first-order valence-corrected chi connectivity index (χ1v) is 6.45. The molecule has 1 atom stereocenters. The molecular weight excluding hydrogens is 204 g/mol. The monoisotopic (exact) mass is 226 g/mol. The molecule has 0 aromatic carbocycles. The van der Waals surface area contributed by atoms with E-state index in [1.54, 1.807) is 0 Å². The van der Waals surface area contributed by atoms with Crippen LogP contribution in [0.15, 0.2) is 0 Å². The predicted octanol–water partition coefficient (Wildman–Crippen LogP) is 0.895. The fourth-order valence-corrected chi connectivity index (χ4v) is 2.75. The van der Waals surface area contributed by atoms with Gasteiger partial charge in [0.2, 0.25) is 0 Å². The molecule has 1 saturated heterocycles. The molecule has 0 radical (unpaired) electrons. The fourth-order valence-electron chi connectivity index (χ4n) is 2.75. The molecule has 2 N–H and O–H groups in total. The van der Waals surface area contributed by atoms with Crippen molar-refractivity contribution >= 4 is 5.91 Å². The third-order valence-corrected chi connectivity index (χ3v) is 3.65. The lowest BCUT2D eigenvalue weighted by Gasteiger charge is -2.36. The van der Waals surface area contributed by atoms with Gasteiger partial charge in [0.1, 0.15) is 6.10 Å². The Morgan fingerprint density at radius 1 is 1.38 bits per heavy atom. The Balaban J connectivity index is 1.90. The third-order valence-electron chi connectivity index (χ3n) is 3.65. The highest BCUT2D eigenvalue weighted by molar-refractivity contribution is 5.81. The number of morpholine rings is 1. The molecule has 1 unspecified atom stereocenters. The van der Waals surface area contributed by atoms with Crippen LogP contribution in [-0.2, 0) is 9.53 Å². The van der Waals surface area contributed by atoms with Gasteiger partial charge in [0, 0.05) is 12.6 Å². The molecule has 1 heterocycles. The maximum absolute atomic E-state index is 12.2. The van der Waals surface area contributed by atoms with Crippen LogP contribution in [0.25, 0.3) is 0 Å². The highest BCUT2D eigenvalue weighted by atomic mass is 16.5. The molecule has 0 bridgehead atoms. The van der Waals surface area contributed by atoms with E-state index in [1.165, 1.54) is 25.7 Å². The van der Waals surface area contributed by atoms with Crippen molar-refractivity contribution in [3.8, 4) is 0 Å². The lowest BCUT2D eigenvalue weighted by Crippen LogP contribution is -2.51. The third kappa shape index (κ3) is 2.55. The van der Waals surface area contributed by atoms with Crippen LogP contribution >= 0.6 is 0 Å². The van der Waals surface area contributed by atoms with E-state index >= 15 is 0 Å². The van der Waals surface area contributed by atoms with Crippen molar-refractivity contribution < 1.29 is 9.53 Å². The summed E-state index contributed by atoms with van der Waals surface area (Å²) in [5.41, 5.74) is 5.47. The number of amides is 1. The van der Waals surface area contributed by atoms with E-state index < -0.39 is 0 Å². The van der Waals surface area contributed by atoms with Crippen molar-refractivity contribution in [2.24, 2.45) is 5.73 Å². The first-order chi connectivity index (χ1) is 7.83. The number of nitrogens with two attached hydrogens (primary N) is 1. The van der Waals surface area contributed by atoms with Crippen molar-refractivity contribution in [2.45, 2.75) is 50.7 Å². The summed E-state index contributed by atoms with van der Waals surface area (Å²) in [7, 11) is 0. The average Bonchev–Trinajstić information content (AvgIpc) is 2.81. The van der Waals surface area contributed by atoms with Crippen LogP contribution in [0.5, 0.6) is 0 Å². The highest BCUT2D eigenvalue weighted by Gasteiger charge is 2.34. The van der Waals surface area contributed by atoms with Crippen LogP contribution in [0, 0.1) is 0 Å². The number of nitrogens with zero attached hydrogens (tertiary/aromatic N) is 1. The summed E-state index contributed by atoms with van der Waals surface area (Å²) in [6.07, 6.45) is 6.31. The topological polar surface area (TPSA) is 55.6 Å². The summed E-state index contributed by atoms with van der Waals surface area (Å²) in [6, 6.07) is 0.483. The minimum Gasteiger partial charge on any atom is -0.367 e. The van der Waals surface area contributed by atoms with Crippen molar-refractivity contribution in [3.63, 3.8) is 0 Å². The van der Waals surface area contributed by atoms with Crippen LogP contribution in [-0.4, -0.2) is 42.6 Å². The smallest absolute Gasteiger partial charge is 0.252 e. The van der Waals surface area contributed by atoms with Crippen LogP contribution in [0.1, 0.15) is 38.5 Å². The zero-order valence-electron chi connectivity index (χ0n) is 9.86. The number of hydrogen-bond donors (Lipinski definition) is 1. The molecule has 1 aliphatic carbocycles. The minimum atomic E-state index is -0.224.